The Balaban J connectivity index is 0.00000225. The first kappa shape index (κ1) is 20.1. The molecule has 2 aromatic rings. The van der Waals surface area contributed by atoms with Crippen molar-refractivity contribution >= 4 is 22.6 Å². The minimum absolute atomic E-state index is 0. The van der Waals surface area contributed by atoms with Crippen molar-refractivity contribution in [3.63, 3.8) is 0 Å². The molecule has 0 amide bonds. The summed E-state index contributed by atoms with van der Waals surface area (Å²) in [5, 5.41) is 12.7. The summed E-state index contributed by atoms with van der Waals surface area (Å²) in [5.41, 5.74) is -0.237. The summed E-state index contributed by atoms with van der Waals surface area (Å²) in [7, 11) is 1.45. The lowest BCUT2D eigenvalue weighted by Gasteiger charge is -2.35. The van der Waals surface area contributed by atoms with Gasteiger partial charge in [-0.3, -0.25) is 4.79 Å². The number of methoxy groups -OCH3 is 1. The minimum Gasteiger partial charge on any atom is -0.492 e. The van der Waals surface area contributed by atoms with Gasteiger partial charge in [-0.2, -0.15) is 0 Å². The molecule has 152 valence electrons. The number of anilines is 1. The lowest BCUT2D eigenvalue weighted by Crippen LogP contribution is -2.49. The number of benzene rings is 1. The predicted octanol–water partition coefficient (Wildman–Crippen LogP) is 2.62. The summed E-state index contributed by atoms with van der Waals surface area (Å²) in [6.45, 7) is 3.97. The van der Waals surface area contributed by atoms with E-state index in [-0.39, 0.29) is 30.5 Å². The molecule has 1 aromatic heterocycles. The number of halogens is 1. The quantitative estimate of drug-likeness (QED) is 0.834. The zero-order chi connectivity index (χ0) is 19.3. The molecular weight excluding hydrogens is 365 g/mol. The largest absolute Gasteiger partial charge is 0.492 e. The number of nitrogens with zero attached hydrogens (tertiary/aromatic N) is 2. The molecular formula is C20H26FN3O4. The fourth-order valence-electron chi connectivity index (χ4n) is 3.86. The van der Waals surface area contributed by atoms with Crippen LogP contribution in [0.5, 0.6) is 5.75 Å². The average molecular weight is 391 g/mol. The zero-order valence-electron chi connectivity index (χ0n) is 15.3. The lowest BCUT2D eigenvalue weighted by atomic mass is 10.1. The third-order valence-electron chi connectivity index (χ3n) is 5.26. The molecule has 2 heterocycles. The van der Waals surface area contributed by atoms with Gasteiger partial charge in [-0.15, -0.1) is 0 Å². The van der Waals surface area contributed by atoms with Crippen LogP contribution < -0.4 is 20.4 Å². The molecule has 7 nitrogen and oxygen atoms in total. The van der Waals surface area contributed by atoms with Crippen LogP contribution in [0.3, 0.4) is 0 Å². The van der Waals surface area contributed by atoms with Crippen LogP contribution in [0.1, 0.15) is 43.6 Å². The van der Waals surface area contributed by atoms with Crippen molar-refractivity contribution in [2.45, 2.75) is 39.3 Å². The van der Waals surface area contributed by atoms with Crippen molar-refractivity contribution in [2.24, 2.45) is 0 Å². The summed E-state index contributed by atoms with van der Waals surface area (Å²) in [6, 6.07) is 1.45. The predicted molar refractivity (Wildman–Crippen MR) is 106 cm³/mol. The Morgan fingerprint density at radius 2 is 2.11 bits per heavy atom. The number of aromatic carboxylic acids is 1. The van der Waals surface area contributed by atoms with Gasteiger partial charge >= 0.3 is 5.97 Å². The van der Waals surface area contributed by atoms with E-state index in [9.17, 15) is 14.7 Å². The highest BCUT2D eigenvalue weighted by atomic mass is 19.1. The first-order valence-corrected chi connectivity index (χ1v) is 9.09. The Bertz CT molecular complexity index is 984. The molecule has 0 spiro atoms. The van der Waals surface area contributed by atoms with E-state index in [2.05, 4.69) is 5.32 Å². The SMILES string of the molecule is C.COc1c(N2CCNC(C)C2)c(F)cc2c(=O)c(C(=O)O)cn(C3CC3)c12. The highest BCUT2D eigenvalue weighted by molar-refractivity contribution is 5.97. The van der Waals surface area contributed by atoms with E-state index in [0.717, 1.165) is 25.5 Å². The lowest BCUT2D eigenvalue weighted by molar-refractivity contribution is 0.0695. The maximum absolute atomic E-state index is 15.1. The Kier molecular flexibility index (Phi) is 5.34. The number of carboxylic acid groups (broad SMARTS) is 1. The van der Waals surface area contributed by atoms with E-state index in [0.29, 0.717) is 30.0 Å². The Labute approximate surface area is 162 Å². The number of ether oxygens (including phenoxy) is 1. The molecule has 1 aliphatic heterocycles. The van der Waals surface area contributed by atoms with Gasteiger partial charge in [0.25, 0.3) is 0 Å². The fourth-order valence-corrected chi connectivity index (χ4v) is 3.86. The number of aromatic nitrogens is 1. The van der Waals surface area contributed by atoms with Gasteiger partial charge in [-0.1, -0.05) is 7.43 Å². The topological polar surface area (TPSA) is 83.8 Å². The summed E-state index contributed by atoms with van der Waals surface area (Å²) in [5.74, 6) is -1.59. The molecule has 1 aliphatic carbocycles. The maximum Gasteiger partial charge on any atom is 0.341 e. The second-order valence-corrected chi connectivity index (χ2v) is 7.25. The monoisotopic (exact) mass is 391 g/mol. The van der Waals surface area contributed by atoms with Gasteiger partial charge < -0.3 is 24.6 Å². The van der Waals surface area contributed by atoms with Crippen LogP contribution in [-0.2, 0) is 0 Å². The third-order valence-corrected chi connectivity index (χ3v) is 5.26. The van der Waals surface area contributed by atoms with Gasteiger partial charge in [-0.05, 0) is 25.8 Å². The van der Waals surface area contributed by atoms with Crippen molar-refractivity contribution in [3.05, 3.63) is 33.9 Å². The molecule has 1 saturated carbocycles. The Morgan fingerprint density at radius 1 is 1.39 bits per heavy atom. The van der Waals surface area contributed by atoms with Crippen LogP contribution in [-0.4, -0.2) is 48.4 Å². The second-order valence-electron chi connectivity index (χ2n) is 7.25. The molecule has 2 N–H and O–H groups in total. The molecule has 0 bridgehead atoms. The number of piperazine rings is 1. The molecule has 1 atom stereocenters. The van der Waals surface area contributed by atoms with Gasteiger partial charge in [0.1, 0.15) is 11.3 Å². The van der Waals surface area contributed by atoms with Gasteiger partial charge in [0.05, 0.1) is 18.0 Å². The van der Waals surface area contributed by atoms with E-state index < -0.39 is 17.2 Å². The van der Waals surface area contributed by atoms with Crippen LogP contribution in [0, 0.1) is 5.82 Å². The smallest absolute Gasteiger partial charge is 0.341 e. The molecule has 4 rings (SSSR count). The number of pyridine rings is 1. The number of hydrogen-bond acceptors (Lipinski definition) is 5. The normalized spacial score (nSPS) is 19.4. The van der Waals surface area contributed by atoms with E-state index in [1.807, 2.05) is 11.8 Å². The molecule has 0 radical (unpaired) electrons. The zero-order valence-corrected chi connectivity index (χ0v) is 15.3. The summed E-state index contributed by atoms with van der Waals surface area (Å²) >= 11 is 0. The van der Waals surface area contributed by atoms with Crippen molar-refractivity contribution < 1.29 is 19.0 Å². The van der Waals surface area contributed by atoms with E-state index in [1.165, 1.54) is 13.3 Å². The molecule has 2 aliphatic rings. The van der Waals surface area contributed by atoms with Crippen LogP contribution in [0.4, 0.5) is 10.1 Å². The van der Waals surface area contributed by atoms with Crippen LogP contribution >= 0.6 is 0 Å². The first-order valence-electron chi connectivity index (χ1n) is 9.09. The van der Waals surface area contributed by atoms with Crippen molar-refractivity contribution in [2.75, 3.05) is 31.6 Å². The van der Waals surface area contributed by atoms with Gasteiger partial charge in [0.2, 0.25) is 5.43 Å². The highest BCUT2D eigenvalue weighted by Gasteiger charge is 2.32. The first-order chi connectivity index (χ1) is 12.9. The van der Waals surface area contributed by atoms with Gasteiger partial charge in [0.15, 0.2) is 11.6 Å². The number of carboxylic acids is 1. The van der Waals surface area contributed by atoms with Crippen molar-refractivity contribution in [3.8, 4) is 5.75 Å². The number of fused-ring (bicyclic) bond motifs is 1. The van der Waals surface area contributed by atoms with Gasteiger partial charge in [-0.25, -0.2) is 9.18 Å². The summed E-state index contributed by atoms with van der Waals surface area (Å²) < 4.78 is 22.5. The number of hydrogen-bond donors (Lipinski definition) is 2. The summed E-state index contributed by atoms with van der Waals surface area (Å²) in [4.78, 5) is 26.1. The van der Waals surface area contributed by atoms with Crippen molar-refractivity contribution in [1.82, 2.24) is 9.88 Å². The van der Waals surface area contributed by atoms with Gasteiger partial charge in [0, 0.05) is 37.9 Å². The average Bonchev–Trinajstić information content (AvgIpc) is 3.46. The molecule has 8 heteroatoms. The Hall–Kier alpha value is -2.61. The van der Waals surface area contributed by atoms with E-state index in [1.54, 1.807) is 4.57 Å². The van der Waals surface area contributed by atoms with E-state index >= 15 is 4.39 Å². The fraction of sp³-hybridized carbons (Fsp3) is 0.500. The Morgan fingerprint density at radius 3 is 2.68 bits per heavy atom. The number of carbonyl (C=O) groups is 1. The van der Waals surface area contributed by atoms with Crippen molar-refractivity contribution in [1.29, 1.82) is 0 Å². The molecule has 1 saturated heterocycles. The molecule has 28 heavy (non-hydrogen) atoms. The second kappa shape index (κ2) is 7.43. The summed E-state index contributed by atoms with van der Waals surface area (Å²) in [6.07, 6.45) is 3.14. The molecule has 1 aromatic carbocycles. The van der Waals surface area contributed by atoms with Crippen LogP contribution in [0.2, 0.25) is 0 Å². The van der Waals surface area contributed by atoms with Crippen LogP contribution in [0.25, 0.3) is 10.9 Å². The third kappa shape index (κ3) is 3.22. The van der Waals surface area contributed by atoms with E-state index in [4.69, 9.17) is 4.74 Å². The minimum atomic E-state index is -1.31. The van der Waals surface area contributed by atoms with Crippen LogP contribution in [0.15, 0.2) is 17.1 Å². The molecule has 1 unspecified atom stereocenters. The number of rotatable bonds is 4. The molecule has 2 fully saturated rings. The highest BCUT2D eigenvalue weighted by Crippen LogP contribution is 2.43. The maximum atomic E-state index is 15.1. The number of nitrogens with one attached hydrogen (secondary N) is 1. The standard InChI is InChI=1S/C19H22FN3O4.CH4/c1-10-8-22(6-5-21-10)16-14(20)7-12-15(18(16)27-2)23(11-3-4-11)9-13(17(12)24)19(25)26;/h7,9-11,21H,3-6,8H2,1-2H3,(H,25,26);1H4.